The second-order valence-corrected chi connectivity index (χ2v) is 6.38. The molecule has 0 spiro atoms. The first-order valence-corrected chi connectivity index (χ1v) is 8.94. The smallest absolute Gasteiger partial charge is 0.251 e. The molecule has 0 bridgehead atoms. The van der Waals surface area contributed by atoms with E-state index < -0.39 is 0 Å². The zero-order valence-electron chi connectivity index (χ0n) is 15.8. The van der Waals surface area contributed by atoms with Gasteiger partial charge in [-0.2, -0.15) is 0 Å². The molecule has 0 unspecified atom stereocenters. The van der Waals surface area contributed by atoms with Crippen molar-refractivity contribution in [3.8, 4) is 0 Å². The summed E-state index contributed by atoms with van der Waals surface area (Å²) in [6.45, 7) is 3.86. The molecule has 1 amide bonds. The average molecular weight is 501 g/mol. The molecular weight excluding hydrogens is 475 g/mol. The van der Waals surface area contributed by atoms with Crippen molar-refractivity contribution in [1.29, 1.82) is 0 Å². The van der Waals surface area contributed by atoms with Crippen LogP contribution in [0.5, 0.6) is 0 Å². The largest absolute Gasteiger partial charge is 0.352 e. The van der Waals surface area contributed by atoms with Gasteiger partial charge in [0.15, 0.2) is 5.96 Å². The molecule has 0 aliphatic heterocycles. The highest BCUT2D eigenvalue weighted by molar-refractivity contribution is 14.0. The maximum Gasteiger partial charge on any atom is 0.251 e. The van der Waals surface area contributed by atoms with Gasteiger partial charge < -0.3 is 15.5 Å². The summed E-state index contributed by atoms with van der Waals surface area (Å²) in [5, 5.41) is 6.86. The van der Waals surface area contributed by atoms with E-state index >= 15 is 0 Å². The standard InChI is InChI=1S/C20H25ClN4O.HI/c1-4-23-19(26)17-10-8-15(9-11-17)13-24-20(22-2)25(3)14-16-6-5-7-18(21)12-16;/h5-12H,4,13-14H2,1-3H3,(H,22,24)(H,23,26);1H. The molecule has 0 heterocycles. The van der Waals surface area contributed by atoms with Crippen molar-refractivity contribution in [3.05, 3.63) is 70.2 Å². The van der Waals surface area contributed by atoms with Crippen LogP contribution in [0.25, 0.3) is 0 Å². The molecule has 7 heteroatoms. The molecule has 2 aromatic rings. The van der Waals surface area contributed by atoms with Gasteiger partial charge in [-0.05, 0) is 42.3 Å². The van der Waals surface area contributed by atoms with Crippen LogP contribution in [0.3, 0.4) is 0 Å². The lowest BCUT2D eigenvalue weighted by atomic mass is 10.1. The number of nitrogens with zero attached hydrogens (tertiary/aromatic N) is 2. The predicted molar refractivity (Wildman–Crippen MR) is 123 cm³/mol. The van der Waals surface area contributed by atoms with Gasteiger partial charge >= 0.3 is 0 Å². The summed E-state index contributed by atoms with van der Waals surface area (Å²) in [6.07, 6.45) is 0. The van der Waals surface area contributed by atoms with E-state index in [1.807, 2.05) is 67.4 Å². The Bertz CT molecular complexity index is 765. The molecule has 27 heavy (non-hydrogen) atoms. The number of aliphatic imine (C=N–C) groups is 1. The van der Waals surface area contributed by atoms with Crippen LogP contribution in [0.15, 0.2) is 53.5 Å². The van der Waals surface area contributed by atoms with Crippen molar-refractivity contribution in [1.82, 2.24) is 15.5 Å². The van der Waals surface area contributed by atoms with Crippen LogP contribution in [0, 0.1) is 0 Å². The molecule has 2 rings (SSSR count). The monoisotopic (exact) mass is 500 g/mol. The molecule has 0 radical (unpaired) electrons. The van der Waals surface area contributed by atoms with Gasteiger partial charge in [0.1, 0.15) is 0 Å². The molecule has 2 aromatic carbocycles. The highest BCUT2D eigenvalue weighted by Crippen LogP contribution is 2.12. The van der Waals surface area contributed by atoms with Crippen molar-refractivity contribution in [2.24, 2.45) is 4.99 Å². The number of carbonyl (C=O) groups excluding carboxylic acids is 1. The van der Waals surface area contributed by atoms with E-state index in [0.29, 0.717) is 25.2 Å². The zero-order chi connectivity index (χ0) is 18.9. The molecule has 0 aliphatic rings. The zero-order valence-corrected chi connectivity index (χ0v) is 18.9. The quantitative estimate of drug-likeness (QED) is 0.359. The van der Waals surface area contributed by atoms with Gasteiger partial charge in [-0.3, -0.25) is 9.79 Å². The van der Waals surface area contributed by atoms with E-state index in [1.54, 1.807) is 7.05 Å². The summed E-state index contributed by atoms with van der Waals surface area (Å²) in [7, 11) is 3.74. The summed E-state index contributed by atoms with van der Waals surface area (Å²) in [5.41, 5.74) is 2.86. The van der Waals surface area contributed by atoms with Gasteiger partial charge in [-0.25, -0.2) is 0 Å². The number of nitrogens with one attached hydrogen (secondary N) is 2. The lowest BCUT2D eigenvalue weighted by molar-refractivity contribution is 0.0956. The van der Waals surface area contributed by atoms with E-state index in [-0.39, 0.29) is 29.9 Å². The molecule has 0 atom stereocenters. The lowest BCUT2D eigenvalue weighted by Crippen LogP contribution is -2.38. The Morgan fingerprint density at radius 3 is 2.41 bits per heavy atom. The lowest BCUT2D eigenvalue weighted by Gasteiger charge is -2.22. The number of amides is 1. The summed E-state index contributed by atoms with van der Waals surface area (Å²) in [6, 6.07) is 15.4. The first-order valence-electron chi connectivity index (χ1n) is 8.57. The minimum absolute atomic E-state index is 0. The van der Waals surface area contributed by atoms with E-state index in [0.717, 1.165) is 22.1 Å². The van der Waals surface area contributed by atoms with Crippen LogP contribution in [0.2, 0.25) is 5.02 Å². The number of hydrogen-bond acceptors (Lipinski definition) is 2. The van der Waals surface area contributed by atoms with E-state index in [2.05, 4.69) is 15.6 Å². The van der Waals surface area contributed by atoms with Crippen molar-refractivity contribution < 1.29 is 4.79 Å². The minimum Gasteiger partial charge on any atom is -0.352 e. The summed E-state index contributed by atoms with van der Waals surface area (Å²) in [4.78, 5) is 18.2. The van der Waals surface area contributed by atoms with Crippen LogP contribution in [0.1, 0.15) is 28.4 Å². The molecule has 0 fully saturated rings. The molecular formula is C20H26ClIN4O. The predicted octanol–water partition coefficient (Wildman–Crippen LogP) is 3.92. The average Bonchev–Trinajstić information content (AvgIpc) is 2.63. The fraction of sp³-hybridized carbons (Fsp3) is 0.300. The van der Waals surface area contributed by atoms with Gasteiger partial charge in [-0.1, -0.05) is 35.9 Å². The third-order valence-corrected chi connectivity index (χ3v) is 4.12. The SMILES string of the molecule is CCNC(=O)c1ccc(CNC(=NC)N(C)Cc2cccc(Cl)c2)cc1.I. The number of halogens is 2. The Balaban J connectivity index is 0.00000364. The topological polar surface area (TPSA) is 56.7 Å². The van der Waals surface area contributed by atoms with Crippen LogP contribution in [-0.4, -0.2) is 37.4 Å². The fourth-order valence-corrected chi connectivity index (χ4v) is 2.80. The Hall–Kier alpha value is -1.80. The first kappa shape index (κ1) is 23.2. The summed E-state index contributed by atoms with van der Waals surface area (Å²) >= 11 is 6.04. The van der Waals surface area contributed by atoms with Crippen LogP contribution in [-0.2, 0) is 13.1 Å². The van der Waals surface area contributed by atoms with Crippen molar-refractivity contribution in [3.63, 3.8) is 0 Å². The van der Waals surface area contributed by atoms with Gasteiger partial charge in [-0.15, -0.1) is 24.0 Å². The molecule has 146 valence electrons. The Labute approximate surface area is 183 Å². The minimum atomic E-state index is -0.0518. The molecule has 2 N–H and O–H groups in total. The molecule has 0 saturated carbocycles. The van der Waals surface area contributed by atoms with Crippen LogP contribution < -0.4 is 10.6 Å². The number of guanidine groups is 1. The van der Waals surface area contributed by atoms with Crippen LogP contribution in [0.4, 0.5) is 0 Å². The highest BCUT2D eigenvalue weighted by Gasteiger charge is 2.08. The summed E-state index contributed by atoms with van der Waals surface area (Å²) in [5.74, 6) is 0.738. The van der Waals surface area contributed by atoms with Gasteiger partial charge in [0.25, 0.3) is 5.91 Å². The van der Waals surface area contributed by atoms with Crippen molar-refractivity contribution >= 4 is 47.4 Å². The van der Waals surface area contributed by atoms with Crippen molar-refractivity contribution in [2.45, 2.75) is 20.0 Å². The molecule has 5 nitrogen and oxygen atoms in total. The number of hydrogen-bond donors (Lipinski definition) is 2. The van der Waals surface area contributed by atoms with Crippen molar-refractivity contribution in [2.75, 3.05) is 20.6 Å². The van der Waals surface area contributed by atoms with Gasteiger partial charge in [0.2, 0.25) is 0 Å². The maximum absolute atomic E-state index is 11.8. The Morgan fingerprint density at radius 2 is 1.81 bits per heavy atom. The first-order chi connectivity index (χ1) is 12.5. The molecule has 0 saturated heterocycles. The Morgan fingerprint density at radius 1 is 1.11 bits per heavy atom. The number of carbonyl (C=O) groups is 1. The van der Waals surface area contributed by atoms with Crippen LogP contribution >= 0.6 is 35.6 Å². The maximum atomic E-state index is 11.8. The number of benzene rings is 2. The second-order valence-electron chi connectivity index (χ2n) is 5.94. The second kappa shape index (κ2) is 11.8. The van der Waals surface area contributed by atoms with Gasteiger partial charge in [0, 0.05) is 44.3 Å². The third-order valence-electron chi connectivity index (χ3n) is 3.89. The van der Waals surface area contributed by atoms with Gasteiger partial charge in [0.05, 0.1) is 0 Å². The highest BCUT2D eigenvalue weighted by atomic mass is 127. The fourth-order valence-electron chi connectivity index (χ4n) is 2.59. The number of rotatable bonds is 6. The molecule has 0 aliphatic carbocycles. The summed E-state index contributed by atoms with van der Waals surface area (Å²) < 4.78 is 0. The third kappa shape index (κ3) is 7.38. The molecule has 0 aromatic heterocycles. The van der Waals surface area contributed by atoms with E-state index in [1.165, 1.54) is 0 Å². The van der Waals surface area contributed by atoms with E-state index in [9.17, 15) is 4.79 Å². The Kier molecular flexibility index (Phi) is 10.2. The normalized spacial score (nSPS) is 10.7. The van der Waals surface area contributed by atoms with E-state index in [4.69, 9.17) is 11.6 Å².